The predicted octanol–water partition coefficient (Wildman–Crippen LogP) is -0.249. The van der Waals surface area contributed by atoms with Gasteiger partial charge in [0.2, 0.25) is 11.8 Å². The zero-order chi connectivity index (χ0) is 12.7. The molecule has 0 atom stereocenters. The fourth-order valence-electron chi connectivity index (χ4n) is 1.36. The summed E-state index contributed by atoms with van der Waals surface area (Å²) in [4.78, 5) is 13.1. The van der Waals surface area contributed by atoms with E-state index < -0.39 is 0 Å². The van der Waals surface area contributed by atoms with Gasteiger partial charge in [-0.05, 0) is 13.5 Å². The number of rotatable bonds is 7. The molecule has 0 aliphatic rings. The van der Waals surface area contributed by atoms with E-state index in [1.54, 1.807) is 19.0 Å². The van der Waals surface area contributed by atoms with Crippen LogP contribution in [0.4, 0.5) is 6.01 Å². The van der Waals surface area contributed by atoms with Gasteiger partial charge in [-0.1, -0.05) is 12.0 Å². The van der Waals surface area contributed by atoms with Gasteiger partial charge in [0.25, 0.3) is 0 Å². The summed E-state index contributed by atoms with van der Waals surface area (Å²) >= 11 is 0. The van der Waals surface area contributed by atoms with Gasteiger partial charge in [-0.15, -0.1) is 5.10 Å². The largest absolute Gasteiger partial charge is 0.407 e. The monoisotopic (exact) mass is 241 g/mol. The van der Waals surface area contributed by atoms with Crippen molar-refractivity contribution >= 4 is 11.9 Å². The number of nitrogens with one attached hydrogen (secondary N) is 2. The molecule has 0 spiro atoms. The summed E-state index contributed by atoms with van der Waals surface area (Å²) in [6.07, 6.45) is 0.904. The molecule has 0 unspecified atom stereocenters. The van der Waals surface area contributed by atoms with E-state index in [9.17, 15) is 4.79 Å². The summed E-state index contributed by atoms with van der Waals surface area (Å²) < 4.78 is 5.45. The van der Waals surface area contributed by atoms with Gasteiger partial charge in [-0.25, -0.2) is 0 Å². The lowest BCUT2D eigenvalue weighted by Gasteiger charge is -2.17. The average Bonchev–Trinajstić information content (AvgIpc) is 2.77. The fourth-order valence-corrected chi connectivity index (χ4v) is 1.36. The number of carbonyl (C=O) groups is 1. The molecule has 0 saturated carbocycles. The molecule has 1 heterocycles. The van der Waals surface area contributed by atoms with Crippen molar-refractivity contribution in [1.82, 2.24) is 20.8 Å². The highest BCUT2D eigenvalue weighted by molar-refractivity contribution is 5.80. The lowest BCUT2D eigenvalue weighted by molar-refractivity contribution is -0.119. The summed E-state index contributed by atoms with van der Waals surface area (Å²) in [6.45, 7) is 3.48. The van der Waals surface area contributed by atoms with E-state index in [1.807, 2.05) is 6.92 Å². The number of amides is 1. The summed E-state index contributed by atoms with van der Waals surface area (Å²) in [5.74, 6) is 0.437. The van der Waals surface area contributed by atoms with Crippen LogP contribution in [0.25, 0.3) is 0 Å². The zero-order valence-electron chi connectivity index (χ0n) is 10.5. The van der Waals surface area contributed by atoms with Gasteiger partial charge < -0.3 is 20.0 Å². The lowest BCUT2D eigenvalue weighted by atomic mass is 10.4. The molecule has 1 aromatic heterocycles. The molecule has 0 fully saturated rings. The van der Waals surface area contributed by atoms with E-state index in [-0.39, 0.29) is 12.5 Å². The van der Waals surface area contributed by atoms with Crippen molar-refractivity contribution in [3.63, 3.8) is 0 Å². The Balaban J connectivity index is 2.70. The Bertz CT molecular complexity index is 352. The van der Waals surface area contributed by atoms with E-state index in [0.717, 1.165) is 6.42 Å². The fraction of sp³-hybridized carbons (Fsp3) is 0.700. The Hall–Kier alpha value is -1.63. The first-order valence-corrected chi connectivity index (χ1v) is 5.63. The van der Waals surface area contributed by atoms with Crippen molar-refractivity contribution in [3.05, 3.63) is 5.89 Å². The topological polar surface area (TPSA) is 83.3 Å². The summed E-state index contributed by atoms with van der Waals surface area (Å²) in [5.41, 5.74) is 0. The Morgan fingerprint density at radius 2 is 2.18 bits per heavy atom. The molecule has 7 heteroatoms. The smallest absolute Gasteiger partial charge is 0.318 e. The van der Waals surface area contributed by atoms with Gasteiger partial charge in [0.1, 0.15) is 6.54 Å². The quantitative estimate of drug-likeness (QED) is 0.685. The Morgan fingerprint density at radius 1 is 1.41 bits per heavy atom. The van der Waals surface area contributed by atoms with Crippen LogP contribution in [0.2, 0.25) is 0 Å². The highest BCUT2D eigenvalue weighted by Crippen LogP contribution is 2.12. The van der Waals surface area contributed by atoms with Gasteiger partial charge in [0, 0.05) is 13.6 Å². The SMILES string of the molecule is CCCN(CC(=O)NC)c1nnc(CNC)o1. The molecule has 1 amide bonds. The van der Waals surface area contributed by atoms with Crippen molar-refractivity contribution < 1.29 is 9.21 Å². The maximum absolute atomic E-state index is 11.3. The molecular formula is C10H19N5O2. The van der Waals surface area contributed by atoms with Crippen molar-refractivity contribution in [2.24, 2.45) is 0 Å². The van der Waals surface area contributed by atoms with E-state index >= 15 is 0 Å². The number of nitrogens with zero attached hydrogens (tertiary/aromatic N) is 3. The molecular weight excluding hydrogens is 222 g/mol. The second-order valence-corrected chi connectivity index (χ2v) is 3.60. The van der Waals surface area contributed by atoms with Crippen LogP contribution in [0, 0.1) is 0 Å². The lowest BCUT2D eigenvalue weighted by Crippen LogP contribution is -2.36. The predicted molar refractivity (Wildman–Crippen MR) is 63.6 cm³/mol. The molecule has 1 rings (SSSR count). The Morgan fingerprint density at radius 3 is 2.76 bits per heavy atom. The molecule has 0 aliphatic carbocycles. The van der Waals surface area contributed by atoms with Gasteiger partial charge in [0.15, 0.2) is 0 Å². The third kappa shape index (κ3) is 4.03. The van der Waals surface area contributed by atoms with Crippen LogP contribution in [0.1, 0.15) is 19.2 Å². The minimum absolute atomic E-state index is 0.0770. The number of hydrogen-bond acceptors (Lipinski definition) is 6. The second-order valence-electron chi connectivity index (χ2n) is 3.60. The van der Waals surface area contributed by atoms with Crippen LogP contribution in [0.15, 0.2) is 4.42 Å². The number of carbonyl (C=O) groups excluding carboxylic acids is 1. The molecule has 1 aromatic rings. The van der Waals surface area contributed by atoms with Crippen LogP contribution < -0.4 is 15.5 Å². The van der Waals surface area contributed by atoms with Crippen LogP contribution in [0.5, 0.6) is 0 Å². The van der Waals surface area contributed by atoms with E-state index in [0.29, 0.717) is 25.0 Å². The second kappa shape index (κ2) is 6.85. The molecule has 96 valence electrons. The molecule has 0 saturated heterocycles. The minimum Gasteiger partial charge on any atom is -0.407 e. The van der Waals surface area contributed by atoms with Crippen molar-refractivity contribution in [2.45, 2.75) is 19.9 Å². The molecule has 0 radical (unpaired) electrons. The van der Waals surface area contributed by atoms with Crippen molar-refractivity contribution in [3.8, 4) is 0 Å². The highest BCUT2D eigenvalue weighted by atomic mass is 16.4. The van der Waals surface area contributed by atoms with E-state index in [1.165, 1.54) is 0 Å². The molecule has 2 N–H and O–H groups in total. The highest BCUT2D eigenvalue weighted by Gasteiger charge is 2.16. The summed E-state index contributed by atoms with van der Waals surface area (Å²) in [5, 5.41) is 13.3. The number of aromatic nitrogens is 2. The van der Waals surface area contributed by atoms with Gasteiger partial charge in [-0.3, -0.25) is 4.79 Å². The van der Waals surface area contributed by atoms with Gasteiger partial charge >= 0.3 is 6.01 Å². The summed E-state index contributed by atoms with van der Waals surface area (Å²) in [6, 6.07) is 0.390. The maximum Gasteiger partial charge on any atom is 0.318 e. The molecule has 0 aromatic carbocycles. The number of likely N-dealkylation sites (N-methyl/N-ethyl adjacent to an activating group) is 1. The normalized spacial score (nSPS) is 10.3. The number of hydrogen-bond donors (Lipinski definition) is 2. The van der Waals surface area contributed by atoms with Crippen molar-refractivity contribution in [2.75, 3.05) is 32.1 Å². The van der Waals surface area contributed by atoms with Crippen LogP contribution in [-0.4, -0.2) is 43.3 Å². The minimum atomic E-state index is -0.0770. The zero-order valence-corrected chi connectivity index (χ0v) is 10.5. The third-order valence-corrected chi connectivity index (χ3v) is 2.16. The first kappa shape index (κ1) is 13.4. The first-order chi connectivity index (χ1) is 8.21. The average molecular weight is 241 g/mol. The molecule has 0 bridgehead atoms. The van der Waals surface area contributed by atoms with Crippen molar-refractivity contribution in [1.29, 1.82) is 0 Å². The Labute approximate surface area is 101 Å². The van der Waals surface area contributed by atoms with Crippen LogP contribution >= 0.6 is 0 Å². The summed E-state index contributed by atoms with van der Waals surface area (Å²) in [7, 11) is 3.41. The van der Waals surface area contributed by atoms with Gasteiger partial charge in [0.05, 0.1) is 6.54 Å². The van der Waals surface area contributed by atoms with Crippen LogP contribution in [0.3, 0.4) is 0 Å². The maximum atomic E-state index is 11.3. The molecule has 7 nitrogen and oxygen atoms in total. The van der Waals surface area contributed by atoms with E-state index in [2.05, 4.69) is 20.8 Å². The third-order valence-electron chi connectivity index (χ3n) is 2.16. The number of anilines is 1. The molecule has 17 heavy (non-hydrogen) atoms. The molecule has 0 aliphatic heterocycles. The van der Waals surface area contributed by atoms with E-state index in [4.69, 9.17) is 4.42 Å². The van der Waals surface area contributed by atoms with Gasteiger partial charge in [-0.2, -0.15) is 0 Å². The Kier molecular flexibility index (Phi) is 5.41. The standard InChI is InChI=1S/C10H19N5O2/c1-4-5-15(7-8(16)12-3)10-14-13-9(17-10)6-11-2/h11H,4-7H2,1-3H3,(H,12,16). The first-order valence-electron chi connectivity index (χ1n) is 5.63. The van der Waals surface area contributed by atoms with Crippen LogP contribution in [-0.2, 0) is 11.3 Å².